The molecule has 4 nitrogen and oxygen atoms in total. The minimum absolute atomic E-state index is 0.0629. The van der Waals surface area contributed by atoms with E-state index < -0.39 is 0 Å². The molecule has 0 spiro atoms. The molecule has 7 atom stereocenters. The molecule has 0 aromatic rings. The van der Waals surface area contributed by atoms with Crippen LogP contribution in [0.5, 0.6) is 0 Å². The molecule has 0 bridgehead atoms. The Kier molecular flexibility index (Phi) is 4.40. The monoisotopic (exact) mass is 372 g/mol. The Morgan fingerprint density at radius 3 is 2.52 bits per heavy atom. The number of ether oxygens (including phenoxy) is 1. The van der Waals surface area contributed by atoms with E-state index in [0.29, 0.717) is 18.3 Å². The van der Waals surface area contributed by atoms with Crippen molar-refractivity contribution < 1.29 is 19.1 Å². The van der Waals surface area contributed by atoms with Crippen molar-refractivity contribution in [2.75, 3.05) is 0 Å². The summed E-state index contributed by atoms with van der Waals surface area (Å²) in [5.41, 5.74) is 1.13. The highest BCUT2D eigenvalue weighted by molar-refractivity contribution is 5.91. The topological polar surface area (TPSA) is 60.4 Å². The van der Waals surface area contributed by atoms with Gasteiger partial charge in [0.15, 0.2) is 5.78 Å². The standard InChI is InChI=1S/C23H32O4/c1-13(24)18-7-8-19-17-6-5-15-11-16(26)9-10-22(15,3)21(17)20(27-14(2)25)12-23(18,19)4/h11,17-21H,5-10,12H2,1-4H3/t17-,18+,19-,20+,21+,22+,23-/m1/s1. The first-order valence-electron chi connectivity index (χ1n) is 10.6. The average molecular weight is 373 g/mol. The van der Waals surface area contributed by atoms with Crippen molar-refractivity contribution >= 4 is 17.5 Å². The highest BCUT2D eigenvalue weighted by Gasteiger charge is 2.63. The molecule has 3 fully saturated rings. The van der Waals surface area contributed by atoms with Crippen LogP contribution in [-0.2, 0) is 19.1 Å². The van der Waals surface area contributed by atoms with Crippen LogP contribution >= 0.6 is 0 Å². The van der Waals surface area contributed by atoms with Gasteiger partial charge < -0.3 is 4.74 Å². The van der Waals surface area contributed by atoms with E-state index in [1.165, 1.54) is 12.5 Å². The Labute approximate surface area is 162 Å². The summed E-state index contributed by atoms with van der Waals surface area (Å²) in [6.45, 7) is 7.77. The van der Waals surface area contributed by atoms with Crippen LogP contribution in [-0.4, -0.2) is 23.6 Å². The molecule has 0 aliphatic heterocycles. The van der Waals surface area contributed by atoms with E-state index in [1.54, 1.807) is 6.92 Å². The molecule has 0 radical (unpaired) electrons. The molecule has 27 heavy (non-hydrogen) atoms. The molecule has 4 aliphatic carbocycles. The van der Waals surface area contributed by atoms with Gasteiger partial charge in [-0.2, -0.15) is 0 Å². The summed E-state index contributed by atoms with van der Waals surface area (Å²) >= 11 is 0. The lowest BCUT2D eigenvalue weighted by atomic mass is 9.46. The molecule has 0 N–H and O–H groups in total. The second-order valence-electron chi connectivity index (χ2n) is 9.99. The first-order valence-corrected chi connectivity index (χ1v) is 10.6. The molecule has 0 aromatic heterocycles. The minimum Gasteiger partial charge on any atom is -0.462 e. The number of Topliss-reactive ketones (excluding diaryl/α,β-unsaturated/α-hetero) is 1. The van der Waals surface area contributed by atoms with E-state index in [9.17, 15) is 14.4 Å². The lowest BCUT2D eigenvalue weighted by Crippen LogP contribution is -2.57. The second-order valence-corrected chi connectivity index (χ2v) is 9.99. The molecule has 4 rings (SSSR count). The SMILES string of the molecule is CC(=O)O[C@H]1C[C@@]2(C)[C@H](CC[C@H]2C(C)=O)[C@H]2CCC3=CC(=O)CC[C@]3(C)[C@@H]21. The van der Waals surface area contributed by atoms with Crippen molar-refractivity contribution in [1.29, 1.82) is 0 Å². The molecular formula is C23H32O4. The summed E-state index contributed by atoms with van der Waals surface area (Å²) in [4.78, 5) is 36.4. The minimum atomic E-state index is -0.232. The molecule has 0 aromatic carbocycles. The first kappa shape index (κ1) is 18.9. The van der Waals surface area contributed by atoms with Gasteiger partial charge in [0.2, 0.25) is 0 Å². The van der Waals surface area contributed by atoms with Gasteiger partial charge in [0, 0.05) is 25.2 Å². The maximum Gasteiger partial charge on any atom is 0.302 e. The van der Waals surface area contributed by atoms with E-state index in [1.807, 2.05) is 6.08 Å². The maximum atomic E-state index is 12.4. The Morgan fingerprint density at radius 1 is 1.11 bits per heavy atom. The van der Waals surface area contributed by atoms with Crippen LogP contribution in [0.1, 0.15) is 72.6 Å². The summed E-state index contributed by atoms with van der Waals surface area (Å²) in [5.74, 6) is 1.61. The number of carbonyl (C=O) groups is 3. The van der Waals surface area contributed by atoms with Gasteiger partial charge in [0.05, 0.1) is 0 Å². The maximum absolute atomic E-state index is 12.4. The van der Waals surface area contributed by atoms with Gasteiger partial charge in [-0.05, 0) is 74.2 Å². The van der Waals surface area contributed by atoms with Crippen LogP contribution in [0.3, 0.4) is 0 Å². The predicted molar refractivity (Wildman–Crippen MR) is 102 cm³/mol. The van der Waals surface area contributed by atoms with E-state index >= 15 is 0 Å². The van der Waals surface area contributed by atoms with Gasteiger partial charge in [0.1, 0.15) is 11.9 Å². The summed E-state index contributed by atoms with van der Waals surface area (Å²) in [6, 6.07) is 0. The molecular weight excluding hydrogens is 340 g/mol. The molecule has 0 heterocycles. The van der Waals surface area contributed by atoms with Gasteiger partial charge in [-0.1, -0.05) is 19.4 Å². The third kappa shape index (κ3) is 2.74. The molecule has 0 saturated heterocycles. The van der Waals surface area contributed by atoms with Gasteiger partial charge in [0.25, 0.3) is 0 Å². The zero-order valence-electron chi connectivity index (χ0n) is 17.0. The van der Waals surface area contributed by atoms with Crippen LogP contribution in [0.15, 0.2) is 11.6 Å². The fourth-order valence-corrected chi connectivity index (χ4v) is 7.64. The highest BCUT2D eigenvalue weighted by Crippen LogP contribution is 2.67. The lowest BCUT2D eigenvalue weighted by Gasteiger charge is -2.60. The number of hydrogen-bond acceptors (Lipinski definition) is 4. The smallest absolute Gasteiger partial charge is 0.302 e. The van der Waals surface area contributed by atoms with E-state index in [4.69, 9.17) is 4.74 Å². The van der Waals surface area contributed by atoms with Crippen molar-refractivity contribution in [2.24, 2.45) is 34.5 Å². The van der Waals surface area contributed by atoms with E-state index in [0.717, 1.165) is 38.5 Å². The summed E-state index contributed by atoms with van der Waals surface area (Å²) < 4.78 is 5.94. The van der Waals surface area contributed by atoms with Crippen LogP contribution in [0, 0.1) is 34.5 Å². The van der Waals surface area contributed by atoms with Crippen molar-refractivity contribution in [3.05, 3.63) is 11.6 Å². The number of esters is 1. The molecule has 3 saturated carbocycles. The van der Waals surface area contributed by atoms with Gasteiger partial charge >= 0.3 is 5.97 Å². The zero-order chi connectivity index (χ0) is 19.6. The molecule has 148 valence electrons. The van der Waals surface area contributed by atoms with Crippen LogP contribution < -0.4 is 0 Å². The average Bonchev–Trinajstić information content (AvgIpc) is 2.91. The Morgan fingerprint density at radius 2 is 1.85 bits per heavy atom. The van der Waals surface area contributed by atoms with E-state index in [2.05, 4.69) is 13.8 Å². The van der Waals surface area contributed by atoms with Crippen LogP contribution in [0.4, 0.5) is 0 Å². The second kappa shape index (κ2) is 6.28. The number of rotatable bonds is 2. The van der Waals surface area contributed by atoms with Gasteiger partial charge in [-0.3, -0.25) is 14.4 Å². The van der Waals surface area contributed by atoms with Crippen molar-refractivity contribution in [3.8, 4) is 0 Å². The number of ketones is 2. The number of carbonyl (C=O) groups excluding carboxylic acids is 3. The van der Waals surface area contributed by atoms with Crippen LogP contribution in [0.2, 0.25) is 0 Å². The normalized spacial score (nSPS) is 46.0. The van der Waals surface area contributed by atoms with Crippen molar-refractivity contribution in [1.82, 2.24) is 0 Å². The number of allylic oxidation sites excluding steroid dienone is 1. The van der Waals surface area contributed by atoms with Crippen molar-refractivity contribution in [2.45, 2.75) is 78.7 Å². The summed E-state index contributed by atoms with van der Waals surface area (Å²) in [7, 11) is 0. The Balaban J connectivity index is 1.77. The molecule has 4 aliphatic rings. The fraction of sp³-hybridized carbons (Fsp3) is 0.783. The van der Waals surface area contributed by atoms with Crippen LogP contribution in [0.25, 0.3) is 0 Å². The first-order chi connectivity index (χ1) is 12.7. The lowest BCUT2D eigenvalue weighted by molar-refractivity contribution is -0.176. The molecule has 4 heteroatoms. The highest BCUT2D eigenvalue weighted by atomic mass is 16.5. The number of fused-ring (bicyclic) bond motifs is 5. The van der Waals surface area contributed by atoms with Gasteiger partial charge in [-0.15, -0.1) is 0 Å². The zero-order valence-corrected chi connectivity index (χ0v) is 17.0. The third-order valence-electron chi connectivity index (χ3n) is 8.68. The Bertz CT molecular complexity index is 722. The third-order valence-corrected chi connectivity index (χ3v) is 8.68. The quantitative estimate of drug-likeness (QED) is 0.679. The molecule has 0 amide bonds. The predicted octanol–water partition coefficient (Wildman–Crippen LogP) is 4.27. The fourth-order valence-electron chi connectivity index (χ4n) is 7.64. The summed E-state index contributed by atoms with van der Waals surface area (Å²) in [6.07, 6.45) is 8.02. The summed E-state index contributed by atoms with van der Waals surface area (Å²) in [5, 5.41) is 0. The van der Waals surface area contributed by atoms with Crippen molar-refractivity contribution in [3.63, 3.8) is 0 Å². The Hall–Kier alpha value is -1.45. The largest absolute Gasteiger partial charge is 0.462 e. The molecule has 0 unspecified atom stereocenters. The number of hydrogen-bond donors (Lipinski definition) is 0. The van der Waals surface area contributed by atoms with E-state index in [-0.39, 0.29) is 46.3 Å². The van der Waals surface area contributed by atoms with Gasteiger partial charge in [-0.25, -0.2) is 0 Å².